The van der Waals surface area contributed by atoms with E-state index in [1.54, 1.807) is 0 Å². The number of rotatable bonds is 0. The molecule has 1 saturated heterocycles. The van der Waals surface area contributed by atoms with Crippen LogP contribution in [0.3, 0.4) is 0 Å². The molecule has 1 atom stereocenters. The van der Waals surface area contributed by atoms with Crippen molar-refractivity contribution < 1.29 is 0 Å². The zero-order valence-corrected chi connectivity index (χ0v) is 5.41. The molecule has 0 amide bonds. The molecule has 1 nitrogen and oxygen atoms in total. The molecule has 0 radical (unpaired) electrons. The van der Waals surface area contributed by atoms with Crippen LogP contribution < -0.4 is 5.32 Å². The molecule has 1 heteroatoms. The van der Waals surface area contributed by atoms with Crippen molar-refractivity contribution in [1.29, 1.82) is 0 Å². The van der Waals surface area contributed by atoms with Gasteiger partial charge in [0.2, 0.25) is 0 Å². The molecule has 0 aromatic carbocycles. The average molecular weight is 111 g/mol. The molecule has 0 bridgehead atoms. The van der Waals surface area contributed by atoms with Gasteiger partial charge in [-0.1, -0.05) is 19.1 Å². The van der Waals surface area contributed by atoms with Crippen LogP contribution in [-0.4, -0.2) is 13.1 Å². The standard InChI is InChI=1S/C7H13N/c1-6-3-4-8-5-7(6)2/h6,8H,2-5H2,1H3. The van der Waals surface area contributed by atoms with E-state index in [4.69, 9.17) is 0 Å². The first kappa shape index (κ1) is 5.83. The van der Waals surface area contributed by atoms with Crippen LogP contribution in [0.5, 0.6) is 0 Å². The highest BCUT2D eigenvalue weighted by Gasteiger charge is 2.09. The fourth-order valence-corrected chi connectivity index (χ4v) is 0.946. The lowest BCUT2D eigenvalue weighted by Gasteiger charge is -2.20. The predicted octanol–water partition coefficient (Wildman–Crippen LogP) is 1.17. The normalized spacial score (nSPS) is 30.6. The molecule has 0 saturated carbocycles. The van der Waals surface area contributed by atoms with Gasteiger partial charge in [0.25, 0.3) is 0 Å². The number of hydrogen-bond donors (Lipinski definition) is 1. The van der Waals surface area contributed by atoms with Crippen LogP contribution in [0.4, 0.5) is 0 Å². The van der Waals surface area contributed by atoms with Gasteiger partial charge < -0.3 is 5.32 Å². The van der Waals surface area contributed by atoms with Crippen LogP contribution in [0, 0.1) is 5.92 Å². The maximum absolute atomic E-state index is 3.93. The third-order valence-corrected chi connectivity index (χ3v) is 1.80. The molecule has 1 N–H and O–H groups in total. The van der Waals surface area contributed by atoms with Crippen LogP contribution in [0.25, 0.3) is 0 Å². The molecule has 1 aliphatic heterocycles. The molecule has 1 rings (SSSR count). The Labute approximate surface area is 50.8 Å². The van der Waals surface area contributed by atoms with Gasteiger partial charge in [0.15, 0.2) is 0 Å². The zero-order valence-electron chi connectivity index (χ0n) is 5.41. The summed E-state index contributed by atoms with van der Waals surface area (Å²) >= 11 is 0. The van der Waals surface area contributed by atoms with E-state index < -0.39 is 0 Å². The van der Waals surface area contributed by atoms with Crippen molar-refractivity contribution in [1.82, 2.24) is 5.32 Å². The van der Waals surface area contributed by atoms with Crippen molar-refractivity contribution in [3.8, 4) is 0 Å². The van der Waals surface area contributed by atoms with E-state index in [1.807, 2.05) is 0 Å². The summed E-state index contributed by atoms with van der Waals surface area (Å²) in [6.45, 7) is 8.37. The summed E-state index contributed by atoms with van der Waals surface area (Å²) < 4.78 is 0. The second kappa shape index (κ2) is 2.31. The first-order valence-electron chi connectivity index (χ1n) is 3.19. The summed E-state index contributed by atoms with van der Waals surface area (Å²) in [5.41, 5.74) is 1.36. The molecular formula is C7H13N. The molecule has 8 heavy (non-hydrogen) atoms. The van der Waals surface area contributed by atoms with Gasteiger partial charge in [-0.2, -0.15) is 0 Å². The fraction of sp³-hybridized carbons (Fsp3) is 0.714. The number of nitrogens with one attached hydrogen (secondary N) is 1. The van der Waals surface area contributed by atoms with Gasteiger partial charge in [0.05, 0.1) is 0 Å². The minimum atomic E-state index is 0.747. The summed E-state index contributed by atoms with van der Waals surface area (Å²) in [5, 5.41) is 3.27. The molecule has 0 aromatic rings. The van der Waals surface area contributed by atoms with E-state index in [0.717, 1.165) is 12.5 Å². The quantitative estimate of drug-likeness (QED) is 0.463. The minimum Gasteiger partial charge on any atom is -0.313 e. The summed E-state index contributed by atoms with van der Waals surface area (Å²) in [6, 6.07) is 0. The topological polar surface area (TPSA) is 12.0 Å². The second-order valence-electron chi connectivity index (χ2n) is 2.52. The van der Waals surface area contributed by atoms with Gasteiger partial charge >= 0.3 is 0 Å². The first-order chi connectivity index (χ1) is 3.80. The predicted molar refractivity (Wildman–Crippen MR) is 35.8 cm³/mol. The summed E-state index contributed by atoms with van der Waals surface area (Å²) in [7, 11) is 0. The lowest BCUT2D eigenvalue weighted by atomic mass is 9.96. The maximum Gasteiger partial charge on any atom is 0.0164 e. The van der Waals surface area contributed by atoms with Gasteiger partial charge in [-0.05, 0) is 18.9 Å². The average Bonchev–Trinajstić information content (AvgIpc) is 1.77. The molecule has 46 valence electrons. The lowest BCUT2D eigenvalue weighted by Crippen LogP contribution is -2.28. The number of hydrogen-bond acceptors (Lipinski definition) is 1. The Bertz CT molecular complexity index is 96.6. The van der Waals surface area contributed by atoms with Crippen molar-refractivity contribution in [3.05, 3.63) is 12.2 Å². The first-order valence-corrected chi connectivity index (χ1v) is 3.19. The Kier molecular flexibility index (Phi) is 1.69. The molecule has 1 unspecified atom stereocenters. The second-order valence-corrected chi connectivity index (χ2v) is 2.52. The zero-order chi connectivity index (χ0) is 5.98. The third kappa shape index (κ3) is 1.10. The van der Waals surface area contributed by atoms with E-state index in [1.165, 1.54) is 18.5 Å². The minimum absolute atomic E-state index is 0.747. The largest absolute Gasteiger partial charge is 0.313 e. The van der Waals surface area contributed by atoms with Crippen molar-refractivity contribution >= 4 is 0 Å². The smallest absolute Gasteiger partial charge is 0.0164 e. The maximum atomic E-state index is 3.93. The van der Waals surface area contributed by atoms with E-state index in [-0.39, 0.29) is 0 Å². The van der Waals surface area contributed by atoms with Gasteiger partial charge in [0.1, 0.15) is 0 Å². The van der Waals surface area contributed by atoms with Crippen LogP contribution >= 0.6 is 0 Å². The number of piperidine rings is 1. The Balaban J connectivity index is 2.39. The molecule has 1 aliphatic rings. The molecule has 0 spiro atoms. The Morgan fingerprint density at radius 3 is 2.88 bits per heavy atom. The third-order valence-electron chi connectivity index (χ3n) is 1.80. The molecule has 1 fully saturated rings. The van der Waals surface area contributed by atoms with Gasteiger partial charge in [-0.3, -0.25) is 0 Å². The van der Waals surface area contributed by atoms with Crippen molar-refractivity contribution in [2.45, 2.75) is 13.3 Å². The highest BCUT2D eigenvalue weighted by Crippen LogP contribution is 2.13. The van der Waals surface area contributed by atoms with Gasteiger partial charge in [0, 0.05) is 6.54 Å². The van der Waals surface area contributed by atoms with E-state index in [9.17, 15) is 0 Å². The lowest BCUT2D eigenvalue weighted by molar-refractivity contribution is 0.500. The molecule has 0 aliphatic carbocycles. The Morgan fingerprint density at radius 1 is 1.75 bits per heavy atom. The fourth-order valence-electron chi connectivity index (χ4n) is 0.946. The molecule has 0 aromatic heterocycles. The van der Waals surface area contributed by atoms with Crippen molar-refractivity contribution in [2.75, 3.05) is 13.1 Å². The summed E-state index contributed by atoms with van der Waals surface area (Å²) in [6.07, 6.45) is 1.26. The Morgan fingerprint density at radius 2 is 2.50 bits per heavy atom. The van der Waals surface area contributed by atoms with E-state index in [0.29, 0.717) is 0 Å². The van der Waals surface area contributed by atoms with Crippen LogP contribution in [0.1, 0.15) is 13.3 Å². The molecular weight excluding hydrogens is 98.1 g/mol. The monoisotopic (exact) mass is 111 g/mol. The van der Waals surface area contributed by atoms with Crippen molar-refractivity contribution in [2.24, 2.45) is 5.92 Å². The van der Waals surface area contributed by atoms with Crippen LogP contribution in [-0.2, 0) is 0 Å². The summed E-state index contributed by atoms with van der Waals surface area (Å²) in [4.78, 5) is 0. The molecule has 1 heterocycles. The SMILES string of the molecule is C=C1CNCCC1C. The van der Waals surface area contributed by atoms with Gasteiger partial charge in [-0.15, -0.1) is 0 Å². The van der Waals surface area contributed by atoms with Crippen molar-refractivity contribution in [3.63, 3.8) is 0 Å². The highest BCUT2D eigenvalue weighted by molar-refractivity contribution is 5.03. The van der Waals surface area contributed by atoms with Gasteiger partial charge in [-0.25, -0.2) is 0 Å². The van der Waals surface area contributed by atoms with Crippen LogP contribution in [0.15, 0.2) is 12.2 Å². The van der Waals surface area contributed by atoms with Crippen LogP contribution in [0.2, 0.25) is 0 Å². The Hall–Kier alpha value is -0.300. The van der Waals surface area contributed by atoms with E-state index in [2.05, 4.69) is 18.8 Å². The summed E-state index contributed by atoms with van der Waals surface area (Å²) in [5.74, 6) is 0.747. The highest BCUT2D eigenvalue weighted by atomic mass is 14.9. The van der Waals surface area contributed by atoms with E-state index >= 15 is 0 Å².